The third-order valence-corrected chi connectivity index (χ3v) is 3.91. The zero-order valence-electron chi connectivity index (χ0n) is 15.6. The lowest BCUT2D eigenvalue weighted by Gasteiger charge is -2.12. The van der Waals surface area contributed by atoms with Gasteiger partial charge in [0.05, 0.1) is 28.4 Å². The highest BCUT2D eigenvalue weighted by molar-refractivity contribution is 6.59. The van der Waals surface area contributed by atoms with E-state index in [1.54, 1.807) is 18.2 Å². The van der Waals surface area contributed by atoms with E-state index < -0.39 is 7.12 Å². The molecule has 2 N–H and O–H groups in total. The summed E-state index contributed by atoms with van der Waals surface area (Å²) < 4.78 is 20.9. The normalized spacial score (nSPS) is 10.6. The van der Waals surface area contributed by atoms with Crippen LogP contribution in [0, 0.1) is 0 Å². The van der Waals surface area contributed by atoms with Crippen molar-refractivity contribution in [1.29, 1.82) is 0 Å². The Balaban J connectivity index is 2.31. The first-order chi connectivity index (χ1) is 12.9. The van der Waals surface area contributed by atoms with Gasteiger partial charge >= 0.3 is 7.12 Å². The predicted molar refractivity (Wildman–Crippen MR) is 102 cm³/mol. The molecule has 7 nitrogen and oxygen atoms in total. The van der Waals surface area contributed by atoms with Crippen LogP contribution < -0.4 is 24.4 Å². The van der Waals surface area contributed by atoms with E-state index in [0.29, 0.717) is 28.4 Å². The number of ketones is 1. The van der Waals surface area contributed by atoms with Gasteiger partial charge in [-0.15, -0.1) is 0 Å². The van der Waals surface area contributed by atoms with E-state index in [4.69, 9.17) is 18.9 Å². The van der Waals surface area contributed by atoms with Gasteiger partial charge in [-0.2, -0.15) is 0 Å². The number of allylic oxidation sites excluding steroid dienone is 1. The van der Waals surface area contributed by atoms with Crippen LogP contribution in [0.5, 0.6) is 23.0 Å². The largest absolute Gasteiger partial charge is 0.497 e. The van der Waals surface area contributed by atoms with Crippen LogP contribution in [0.2, 0.25) is 0 Å². The molecular formula is C19H21BO7. The van der Waals surface area contributed by atoms with Crippen molar-refractivity contribution >= 4 is 24.4 Å². The summed E-state index contributed by atoms with van der Waals surface area (Å²) in [4.78, 5) is 12.4. The number of carbonyl (C=O) groups is 1. The standard InChI is InChI=1S/C19H21BO7/c1-24-16-11-13(6-7-14(16)20(22)23)15(21)8-5-12-9-17(25-2)19(27-4)18(10-12)26-3/h5-11,22-23H,1-4H3/b8-5+. The highest BCUT2D eigenvalue weighted by Crippen LogP contribution is 2.38. The van der Waals surface area contributed by atoms with Gasteiger partial charge in [0.1, 0.15) is 5.75 Å². The van der Waals surface area contributed by atoms with E-state index in [9.17, 15) is 14.8 Å². The Bertz CT molecular complexity index is 821. The fourth-order valence-electron chi connectivity index (χ4n) is 2.54. The average Bonchev–Trinajstić information content (AvgIpc) is 2.70. The molecule has 27 heavy (non-hydrogen) atoms. The van der Waals surface area contributed by atoms with Crippen LogP contribution in [0.4, 0.5) is 0 Å². The number of hydrogen-bond acceptors (Lipinski definition) is 7. The maximum absolute atomic E-state index is 12.4. The lowest BCUT2D eigenvalue weighted by Crippen LogP contribution is -2.31. The van der Waals surface area contributed by atoms with E-state index in [1.165, 1.54) is 52.7 Å². The summed E-state index contributed by atoms with van der Waals surface area (Å²) in [7, 11) is 4.25. The number of hydrogen-bond donors (Lipinski definition) is 2. The van der Waals surface area contributed by atoms with E-state index in [1.807, 2.05) is 0 Å². The van der Waals surface area contributed by atoms with Gasteiger partial charge in [0.25, 0.3) is 0 Å². The lowest BCUT2D eigenvalue weighted by atomic mass is 9.79. The summed E-state index contributed by atoms with van der Waals surface area (Å²) >= 11 is 0. The maximum atomic E-state index is 12.4. The number of carbonyl (C=O) groups excluding carboxylic acids is 1. The van der Waals surface area contributed by atoms with Gasteiger partial charge in [-0.05, 0) is 29.8 Å². The number of benzene rings is 2. The molecule has 0 saturated heterocycles. The first-order valence-corrected chi connectivity index (χ1v) is 8.01. The SMILES string of the molecule is COc1cc(C(=O)/C=C/c2cc(OC)c(OC)c(OC)c2)ccc1B(O)O. The van der Waals surface area contributed by atoms with Gasteiger partial charge in [-0.25, -0.2) is 0 Å². The Morgan fingerprint density at radius 2 is 1.48 bits per heavy atom. The Kier molecular flexibility index (Phi) is 6.87. The third-order valence-electron chi connectivity index (χ3n) is 3.91. The summed E-state index contributed by atoms with van der Waals surface area (Å²) in [5, 5.41) is 18.6. The van der Waals surface area contributed by atoms with Crippen molar-refractivity contribution in [2.75, 3.05) is 28.4 Å². The molecule has 0 atom stereocenters. The Labute approximate surface area is 157 Å². The molecule has 2 aromatic carbocycles. The summed E-state index contributed by atoms with van der Waals surface area (Å²) in [6, 6.07) is 7.83. The molecule has 0 aliphatic rings. The maximum Gasteiger partial charge on any atom is 0.492 e. The second-order valence-corrected chi connectivity index (χ2v) is 5.49. The quantitative estimate of drug-likeness (QED) is 0.410. The topological polar surface area (TPSA) is 94.5 Å². The molecular weight excluding hydrogens is 351 g/mol. The van der Waals surface area contributed by atoms with Crippen LogP contribution >= 0.6 is 0 Å². The second kappa shape index (κ2) is 9.11. The second-order valence-electron chi connectivity index (χ2n) is 5.49. The number of methoxy groups -OCH3 is 4. The van der Waals surface area contributed by atoms with Crippen molar-refractivity contribution in [3.05, 3.63) is 47.5 Å². The Hall–Kier alpha value is -2.97. The molecule has 0 aromatic heterocycles. The Morgan fingerprint density at radius 1 is 0.889 bits per heavy atom. The molecule has 0 radical (unpaired) electrons. The monoisotopic (exact) mass is 372 g/mol. The molecule has 142 valence electrons. The van der Waals surface area contributed by atoms with Crippen molar-refractivity contribution in [1.82, 2.24) is 0 Å². The minimum absolute atomic E-state index is 0.183. The summed E-state index contributed by atoms with van der Waals surface area (Å²) in [5.41, 5.74) is 1.22. The smallest absolute Gasteiger partial charge is 0.492 e. The molecule has 2 aromatic rings. The summed E-state index contributed by atoms with van der Waals surface area (Å²) in [6.07, 6.45) is 3.01. The number of ether oxygens (including phenoxy) is 4. The fraction of sp³-hybridized carbons (Fsp3) is 0.211. The van der Waals surface area contributed by atoms with Crippen molar-refractivity contribution in [3.8, 4) is 23.0 Å². The van der Waals surface area contributed by atoms with Crippen molar-refractivity contribution < 1.29 is 33.8 Å². The molecule has 0 amide bonds. The molecule has 0 aliphatic heterocycles. The third kappa shape index (κ3) is 4.61. The predicted octanol–water partition coefficient (Wildman–Crippen LogP) is 1.30. The first-order valence-electron chi connectivity index (χ1n) is 8.01. The molecule has 0 bridgehead atoms. The molecule has 2 rings (SSSR count). The van der Waals surface area contributed by atoms with E-state index in [-0.39, 0.29) is 17.0 Å². The van der Waals surface area contributed by atoms with Gasteiger partial charge in [-0.3, -0.25) is 4.79 Å². The lowest BCUT2D eigenvalue weighted by molar-refractivity contribution is 0.104. The van der Waals surface area contributed by atoms with E-state index in [0.717, 1.165) is 0 Å². The zero-order chi connectivity index (χ0) is 20.0. The van der Waals surface area contributed by atoms with Crippen LogP contribution in [0.1, 0.15) is 15.9 Å². The molecule has 0 saturated carbocycles. The molecule has 0 spiro atoms. The zero-order valence-corrected chi connectivity index (χ0v) is 15.6. The molecule has 0 fully saturated rings. The van der Waals surface area contributed by atoms with Crippen LogP contribution in [-0.4, -0.2) is 51.4 Å². The number of rotatable bonds is 8. The summed E-state index contributed by atoms with van der Waals surface area (Å²) in [6.45, 7) is 0. The fourth-order valence-corrected chi connectivity index (χ4v) is 2.54. The van der Waals surface area contributed by atoms with E-state index >= 15 is 0 Å². The van der Waals surface area contributed by atoms with Crippen LogP contribution in [0.25, 0.3) is 6.08 Å². The Morgan fingerprint density at radius 3 is 1.96 bits per heavy atom. The van der Waals surface area contributed by atoms with Crippen LogP contribution in [-0.2, 0) is 0 Å². The van der Waals surface area contributed by atoms with Crippen molar-refractivity contribution in [2.45, 2.75) is 0 Å². The van der Waals surface area contributed by atoms with Gasteiger partial charge in [0.15, 0.2) is 17.3 Å². The van der Waals surface area contributed by atoms with Crippen molar-refractivity contribution in [2.24, 2.45) is 0 Å². The van der Waals surface area contributed by atoms with Gasteiger partial charge in [0.2, 0.25) is 5.75 Å². The molecule has 8 heteroatoms. The van der Waals surface area contributed by atoms with Crippen LogP contribution in [0.15, 0.2) is 36.4 Å². The van der Waals surface area contributed by atoms with E-state index in [2.05, 4.69) is 0 Å². The highest BCUT2D eigenvalue weighted by atomic mass is 16.5. The minimum Gasteiger partial charge on any atom is -0.497 e. The van der Waals surface area contributed by atoms with Gasteiger partial charge < -0.3 is 29.0 Å². The van der Waals surface area contributed by atoms with Gasteiger partial charge in [-0.1, -0.05) is 18.2 Å². The minimum atomic E-state index is -1.68. The summed E-state index contributed by atoms with van der Waals surface area (Å²) in [5.74, 6) is 1.36. The van der Waals surface area contributed by atoms with Gasteiger partial charge in [0, 0.05) is 11.0 Å². The highest BCUT2D eigenvalue weighted by Gasteiger charge is 2.18. The molecule has 0 heterocycles. The molecule has 0 unspecified atom stereocenters. The average molecular weight is 372 g/mol. The first kappa shape index (κ1) is 20.3. The molecule has 0 aliphatic carbocycles. The van der Waals surface area contributed by atoms with Crippen molar-refractivity contribution in [3.63, 3.8) is 0 Å². The van der Waals surface area contributed by atoms with Crippen LogP contribution in [0.3, 0.4) is 0 Å².